The minimum absolute atomic E-state index is 0.366. The van der Waals surface area contributed by atoms with Crippen molar-refractivity contribution in [3.05, 3.63) is 9.47 Å². The summed E-state index contributed by atoms with van der Waals surface area (Å²) in [4.78, 5) is 7.34. The summed E-state index contributed by atoms with van der Waals surface area (Å²) in [6.45, 7) is 14.8. The van der Waals surface area contributed by atoms with Gasteiger partial charge in [0.15, 0.2) is 0 Å². The molecule has 0 unspecified atom stereocenters. The number of hydrogen-bond acceptors (Lipinski definition) is 1. The molecular formula is C13H30OSiSn. The van der Waals surface area contributed by atoms with E-state index in [0.29, 0.717) is 5.04 Å². The molecule has 0 aromatic carbocycles. The van der Waals surface area contributed by atoms with Crippen LogP contribution in [0.2, 0.25) is 33.0 Å². The predicted octanol–water partition coefficient (Wildman–Crippen LogP) is 4.83. The molecule has 0 radical (unpaired) electrons. The Bertz CT molecular complexity index is 256. The van der Waals surface area contributed by atoms with Gasteiger partial charge in [0.25, 0.3) is 0 Å². The topological polar surface area (TPSA) is 9.23 Å². The first-order chi connectivity index (χ1) is 6.92. The molecule has 0 N–H and O–H groups in total. The van der Waals surface area contributed by atoms with E-state index >= 15 is 0 Å². The molecule has 0 aliphatic heterocycles. The molecule has 0 fully saturated rings. The quantitative estimate of drug-likeness (QED) is 0.522. The van der Waals surface area contributed by atoms with E-state index in [2.05, 4.69) is 59.7 Å². The Labute approximate surface area is 108 Å². The van der Waals surface area contributed by atoms with Crippen LogP contribution in [-0.2, 0) is 4.74 Å². The summed E-state index contributed by atoms with van der Waals surface area (Å²) in [5.74, 6) is 0. The summed E-state index contributed by atoms with van der Waals surface area (Å²) in [5.41, 5.74) is 0. The zero-order valence-corrected chi connectivity index (χ0v) is 16.5. The van der Waals surface area contributed by atoms with E-state index in [0.717, 1.165) is 6.61 Å². The Morgan fingerprint density at radius 3 is 1.88 bits per heavy atom. The molecular weight excluding hydrogens is 319 g/mol. The molecule has 0 atom stereocenters. The van der Waals surface area contributed by atoms with Gasteiger partial charge in [0.2, 0.25) is 0 Å². The Balaban J connectivity index is 5.30. The van der Waals surface area contributed by atoms with Gasteiger partial charge in [0.1, 0.15) is 0 Å². The maximum atomic E-state index is 5.98. The van der Waals surface area contributed by atoms with E-state index in [9.17, 15) is 0 Å². The molecule has 0 aliphatic carbocycles. The van der Waals surface area contributed by atoms with Crippen molar-refractivity contribution in [1.29, 1.82) is 0 Å². The first-order valence-electron chi connectivity index (χ1n) is 6.28. The van der Waals surface area contributed by atoms with Gasteiger partial charge in [-0.05, 0) is 0 Å². The molecule has 0 bridgehead atoms. The Morgan fingerprint density at radius 1 is 1.19 bits per heavy atom. The van der Waals surface area contributed by atoms with Gasteiger partial charge in [-0.15, -0.1) is 0 Å². The third-order valence-electron chi connectivity index (χ3n) is 3.35. The van der Waals surface area contributed by atoms with Crippen molar-refractivity contribution in [1.82, 2.24) is 0 Å². The van der Waals surface area contributed by atoms with Crippen LogP contribution in [-0.4, -0.2) is 33.1 Å². The second-order valence-electron chi connectivity index (χ2n) is 7.18. The standard InChI is InChI=1S/C10H21OSi.3CH3.Sn/c1-8-11-9(2)12(6,7)10(3,4)5;;;;/h2H,8H2,1,3-7H3;3*1H3;. The van der Waals surface area contributed by atoms with E-state index in [4.69, 9.17) is 4.74 Å². The van der Waals surface area contributed by atoms with E-state index in [-0.39, 0.29) is 0 Å². The molecule has 96 valence electrons. The molecule has 16 heavy (non-hydrogen) atoms. The van der Waals surface area contributed by atoms with Gasteiger partial charge in [-0.1, -0.05) is 0 Å². The van der Waals surface area contributed by atoms with Crippen molar-refractivity contribution in [2.75, 3.05) is 6.61 Å². The molecule has 0 spiro atoms. The van der Waals surface area contributed by atoms with Gasteiger partial charge in [0, 0.05) is 0 Å². The van der Waals surface area contributed by atoms with Gasteiger partial charge in [-0.2, -0.15) is 0 Å². The second kappa shape index (κ2) is 5.47. The van der Waals surface area contributed by atoms with Crippen molar-refractivity contribution in [3.8, 4) is 0 Å². The third kappa shape index (κ3) is 4.82. The minimum atomic E-state index is -1.91. The summed E-state index contributed by atoms with van der Waals surface area (Å²) < 4.78 is 8.52. The van der Waals surface area contributed by atoms with Crippen LogP contribution < -0.4 is 0 Å². The second-order valence-corrected chi connectivity index (χ2v) is 26.8. The molecule has 0 amide bonds. The zero-order chi connectivity index (χ0) is 13.2. The SMILES string of the molecule is CCO/C(=[CH]/[Sn]([CH3])([CH3])[CH3])[Si](C)(C)C(C)(C)C. The third-order valence-corrected chi connectivity index (χ3v) is 12.7. The van der Waals surface area contributed by atoms with E-state index in [1.165, 1.54) is 5.38 Å². The van der Waals surface area contributed by atoms with Gasteiger partial charge in [-0.3, -0.25) is 0 Å². The average Bonchev–Trinajstić information content (AvgIpc) is 1.98. The maximum absolute atomic E-state index is 5.98. The van der Waals surface area contributed by atoms with E-state index < -0.39 is 26.5 Å². The van der Waals surface area contributed by atoms with Crippen molar-refractivity contribution < 1.29 is 4.74 Å². The van der Waals surface area contributed by atoms with Gasteiger partial charge in [0.05, 0.1) is 0 Å². The zero-order valence-electron chi connectivity index (χ0n) is 12.7. The van der Waals surface area contributed by atoms with Gasteiger partial charge < -0.3 is 0 Å². The molecule has 0 aromatic heterocycles. The van der Waals surface area contributed by atoms with Crippen molar-refractivity contribution in [2.45, 2.75) is 60.6 Å². The normalized spacial score (nSPS) is 15.2. The molecule has 0 saturated heterocycles. The molecule has 0 rings (SSSR count). The van der Waals surface area contributed by atoms with Crippen LogP contribution in [0.15, 0.2) is 9.47 Å². The number of ether oxygens (including phenoxy) is 1. The number of rotatable bonds is 4. The van der Waals surface area contributed by atoms with Crippen LogP contribution in [0.3, 0.4) is 0 Å². The van der Waals surface area contributed by atoms with Crippen LogP contribution in [0.1, 0.15) is 27.7 Å². The molecule has 3 heteroatoms. The van der Waals surface area contributed by atoms with Crippen LogP contribution >= 0.6 is 0 Å². The fourth-order valence-corrected chi connectivity index (χ4v) is 11.4. The summed E-state index contributed by atoms with van der Waals surface area (Å²) in [5, 5.41) is 1.72. The van der Waals surface area contributed by atoms with Gasteiger partial charge >= 0.3 is 108 Å². The molecule has 1 nitrogen and oxygen atoms in total. The van der Waals surface area contributed by atoms with Crippen LogP contribution in [0.4, 0.5) is 0 Å². The Hall–Kier alpha value is 0.556. The van der Waals surface area contributed by atoms with Crippen LogP contribution in [0.5, 0.6) is 0 Å². The summed E-state index contributed by atoms with van der Waals surface area (Å²) in [6.07, 6.45) is 0. The first kappa shape index (κ1) is 16.6. The van der Waals surface area contributed by atoms with Crippen molar-refractivity contribution in [3.63, 3.8) is 0 Å². The van der Waals surface area contributed by atoms with E-state index in [1.807, 2.05) is 0 Å². The van der Waals surface area contributed by atoms with Crippen LogP contribution in [0, 0.1) is 0 Å². The summed E-state index contributed by atoms with van der Waals surface area (Å²) in [7, 11) is -1.47. The van der Waals surface area contributed by atoms with Crippen molar-refractivity contribution >= 4 is 26.5 Å². The molecule has 0 saturated carbocycles. The number of hydrogen-bond donors (Lipinski definition) is 0. The fourth-order valence-electron chi connectivity index (χ4n) is 1.32. The first-order valence-corrected chi connectivity index (χ1v) is 19.5. The summed E-state index contributed by atoms with van der Waals surface area (Å²) >= 11 is -1.91. The van der Waals surface area contributed by atoms with E-state index in [1.54, 1.807) is 0 Å². The van der Waals surface area contributed by atoms with Crippen molar-refractivity contribution in [2.24, 2.45) is 0 Å². The Kier molecular flexibility index (Phi) is 5.66. The average molecular weight is 349 g/mol. The Morgan fingerprint density at radius 2 is 1.62 bits per heavy atom. The molecule has 0 heterocycles. The predicted molar refractivity (Wildman–Crippen MR) is 80.3 cm³/mol. The summed E-state index contributed by atoms with van der Waals surface area (Å²) in [6, 6.07) is 0. The molecule has 0 aliphatic rings. The van der Waals surface area contributed by atoms with Gasteiger partial charge in [-0.25, -0.2) is 0 Å². The molecule has 0 aromatic rings. The monoisotopic (exact) mass is 350 g/mol. The van der Waals surface area contributed by atoms with Crippen LogP contribution in [0.25, 0.3) is 0 Å². The fraction of sp³-hybridized carbons (Fsp3) is 0.846.